The normalized spacial score (nSPS) is 19.0. The Balaban J connectivity index is 1.56. The second-order valence-corrected chi connectivity index (χ2v) is 10.8. The molecule has 2 heterocycles. The zero-order valence-corrected chi connectivity index (χ0v) is 16.4. The molecule has 2 N–H and O–H groups in total. The van der Waals surface area contributed by atoms with Crippen LogP contribution in [0.3, 0.4) is 0 Å². The third-order valence-corrected chi connectivity index (χ3v) is 8.84. The van der Waals surface area contributed by atoms with Crippen molar-refractivity contribution in [3.8, 4) is 5.75 Å². The van der Waals surface area contributed by atoms with Crippen molar-refractivity contribution in [1.82, 2.24) is 4.98 Å². The molecule has 6 nitrogen and oxygen atoms in total. The molecule has 0 aliphatic carbocycles. The first-order valence-corrected chi connectivity index (χ1v) is 11.8. The van der Waals surface area contributed by atoms with Crippen molar-refractivity contribution in [2.24, 2.45) is 0 Å². The highest BCUT2D eigenvalue weighted by Crippen LogP contribution is 2.61. The Morgan fingerprint density at radius 3 is 2.50 bits per heavy atom. The molecule has 0 radical (unpaired) electrons. The molecule has 0 saturated heterocycles. The molecule has 1 aliphatic heterocycles. The summed E-state index contributed by atoms with van der Waals surface area (Å²) >= 11 is 0. The van der Waals surface area contributed by atoms with Gasteiger partial charge in [0.2, 0.25) is 0 Å². The highest BCUT2D eigenvalue weighted by atomic mass is 32.3. The average molecular weight is 418 g/mol. The molecule has 1 aromatic heterocycles. The van der Waals surface area contributed by atoms with Gasteiger partial charge in [-0.3, -0.25) is 14.1 Å². The predicted octanol–water partition coefficient (Wildman–Crippen LogP) is 4.30. The van der Waals surface area contributed by atoms with Crippen LogP contribution >= 0.6 is 10.6 Å². The molecule has 8 heteroatoms. The van der Waals surface area contributed by atoms with E-state index in [9.17, 15) is 17.5 Å². The highest BCUT2D eigenvalue weighted by Gasteiger charge is 2.42. The summed E-state index contributed by atoms with van der Waals surface area (Å²) in [5, 5.41) is -0.976. The van der Waals surface area contributed by atoms with Crippen molar-refractivity contribution >= 4 is 20.4 Å². The fraction of sp³-hybridized carbons (Fsp3) is 0.150. The lowest BCUT2D eigenvalue weighted by molar-refractivity contribution is 0.305. The smallest absolute Gasteiger partial charge is 0.187 e. The van der Waals surface area contributed by atoms with Crippen LogP contribution < -0.4 is 4.74 Å². The van der Waals surface area contributed by atoms with Gasteiger partial charge in [-0.2, -0.15) is 10.6 Å². The highest BCUT2D eigenvalue weighted by molar-refractivity contribution is 8.25. The van der Waals surface area contributed by atoms with E-state index in [1.54, 1.807) is 48.8 Å². The van der Waals surface area contributed by atoms with Crippen molar-refractivity contribution in [2.75, 3.05) is 5.75 Å². The van der Waals surface area contributed by atoms with E-state index in [1.807, 2.05) is 12.1 Å². The number of hydrogen-bond acceptors (Lipinski definition) is 6. The van der Waals surface area contributed by atoms with Gasteiger partial charge in [-0.1, -0.05) is 24.3 Å². The summed E-state index contributed by atoms with van der Waals surface area (Å²) in [6.45, 7) is 0.330. The number of benzene rings is 2. The van der Waals surface area contributed by atoms with E-state index in [1.165, 1.54) is 12.1 Å². The summed E-state index contributed by atoms with van der Waals surface area (Å²) in [7, 11) is -6.87. The van der Waals surface area contributed by atoms with E-state index in [4.69, 9.17) is 4.74 Å². The number of aromatic nitrogens is 1. The SMILES string of the molecule is O=S(=O)(c1ccc(OCc2cccnc2)cc1)C1CS(O)(O)c2ccccc21. The molecule has 0 bridgehead atoms. The minimum atomic E-state index is -3.77. The van der Waals surface area contributed by atoms with Crippen LogP contribution in [0.5, 0.6) is 5.75 Å². The summed E-state index contributed by atoms with van der Waals surface area (Å²) in [5.41, 5.74) is 1.37. The van der Waals surface area contributed by atoms with E-state index in [0.29, 0.717) is 22.8 Å². The standard InChI is InChI=1S/C20H19NO5S2/c22-27(23)14-20(18-5-1-2-6-19(18)27)28(24,25)17-9-7-16(8-10-17)26-13-15-4-3-11-21-12-15/h1-12,20,22-23H,13-14H2. The number of fused-ring (bicyclic) bond motifs is 1. The number of sulfone groups is 1. The first-order valence-electron chi connectivity index (χ1n) is 8.58. The predicted molar refractivity (Wildman–Crippen MR) is 107 cm³/mol. The van der Waals surface area contributed by atoms with Crippen molar-refractivity contribution in [2.45, 2.75) is 21.6 Å². The molecule has 1 unspecified atom stereocenters. The zero-order valence-electron chi connectivity index (χ0n) is 14.8. The van der Waals surface area contributed by atoms with Gasteiger partial charge in [0.25, 0.3) is 0 Å². The largest absolute Gasteiger partial charge is 0.489 e. The lowest BCUT2D eigenvalue weighted by atomic mass is 10.2. The Morgan fingerprint density at radius 1 is 1.04 bits per heavy atom. The third kappa shape index (κ3) is 3.51. The monoisotopic (exact) mass is 417 g/mol. The molecular weight excluding hydrogens is 398 g/mol. The van der Waals surface area contributed by atoms with Gasteiger partial charge in [0.05, 0.1) is 15.5 Å². The lowest BCUT2D eigenvalue weighted by Crippen LogP contribution is -2.15. The molecule has 0 amide bonds. The van der Waals surface area contributed by atoms with E-state index >= 15 is 0 Å². The fourth-order valence-corrected chi connectivity index (χ4v) is 7.64. The van der Waals surface area contributed by atoms with Crippen LogP contribution in [0, 0.1) is 0 Å². The van der Waals surface area contributed by atoms with Crippen LogP contribution in [0.15, 0.2) is 82.8 Å². The summed E-state index contributed by atoms with van der Waals surface area (Å²) in [6.07, 6.45) is 3.38. The van der Waals surface area contributed by atoms with Gasteiger partial charge in [0, 0.05) is 18.0 Å². The van der Waals surface area contributed by atoms with Crippen LogP contribution in [-0.4, -0.2) is 28.3 Å². The number of ether oxygens (including phenoxy) is 1. The Kier molecular flexibility index (Phi) is 4.88. The Morgan fingerprint density at radius 2 is 1.79 bits per heavy atom. The van der Waals surface area contributed by atoms with Gasteiger partial charge in [0.15, 0.2) is 9.84 Å². The lowest BCUT2D eigenvalue weighted by Gasteiger charge is -2.27. The minimum absolute atomic E-state index is 0.123. The molecule has 0 fully saturated rings. The van der Waals surface area contributed by atoms with Crippen molar-refractivity contribution in [3.63, 3.8) is 0 Å². The van der Waals surface area contributed by atoms with Crippen molar-refractivity contribution in [1.29, 1.82) is 0 Å². The summed E-state index contributed by atoms with van der Waals surface area (Å²) in [5.74, 6) is 0.326. The number of nitrogens with zero attached hydrogens (tertiary/aromatic N) is 1. The maximum Gasteiger partial charge on any atom is 0.187 e. The summed E-state index contributed by atoms with van der Waals surface area (Å²) < 4.78 is 52.5. The maximum atomic E-state index is 13.1. The average Bonchev–Trinajstić information content (AvgIpc) is 3.00. The van der Waals surface area contributed by atoms with Crippen LogP contribution in [0.1, 0.15) is 16.4 Å². The topological polar surface area (TPSA) is 96.7 Å². The molecular formula is C20H19NO5S2. The van der Waals surface area contributed by atoms with E-state index in [2.05, 4.69) is 4.98 Å². The fourth-order valence-electron chi connectivity index (χ4n) is 3.23. The van der Waals surface area contributed by atoms with Crippen molar-refractivity contribution in [3.05, 3.63) is 84.2 Å². The van der Waals surface area contributed by atoms with Crippen LogP contribution in [-0.2, 0) is 16.4 Å². The Bertz CT molecular complexity index is 1080. The van der Waals surface area contributed by atoms with Crippen LogP contribution in [0.2, 0.25) is 0 Å². The minimum Gasteiger partial charge on any atom is -0.489 e. The third-order valence-electron chi connectivity index (χ3n) is 4.66. The first-order chi connectivity index (χ1) is 13.4. The number of pyridine rings is 1. The van der Waals surface area contributed by atoms with Crippen LogP contribution in [0.4, 0.5) is 0 Å². The summed E-state index contributed by atoms with van der Waals surface area (Å²) in [4.78, 5) is 4.46. The van der Waals surface area contributed by atoms with Gasteiger partial charge >= 0.3 is 0 Å². The van der Waals surface area contributed by atoms with E-state index < -0.39 is 25.7 Å². The van der Waals surface area contributed by atoms with Gasteiger partial charge in [-0.15, -0.1) is 0 Å². The second-order valence-electron chi connectivity index (χ2n) is 6.53. The molecule has 4 rings (SSSR count). The van der Waals surface area contributed by atoms with Gasteiger partial charge in [-0.05, 0) is 42.0 Å². The van der Waals surface area contributed by atoms with Crippen molar-refractivity contribution < 1.29 is 22.3 Å². The Labute approximate surface area is 165 Å². The first kappa shape index (κ1) is 18.9. The molecule has 3 aromatic rings. The quantitative estimate of drug-likeness (QED) is 0.642. The van der Waals surface area contributed by atoms with E-state index in [0.717, 1.165) is 5.56 Å². The molecule has 0 spiro atoms. The second kappa shape index (κ2) is 7.21. The van der Waals surface area contributed by atoms with E-state index in [-0.39, 0.29) is 10.6 Å². The number of rotatable bonds is 5. The molecule has 0 saturated carbocycles. The van der Waals surface area contributed by atoms with Gasteiger partial charge in [0.1, 0.15) is 17.6 Å². The molecule has 28 heavy (non-hydrogen) atoms. The number of hydrogen-bond donors (Lipinski definition) is 2. The molecule has 2 aromatic carbocycles. The summed E-state index contributed by atoms with van der Waals surface area (Å²) in [6, 6.07) is 16.5. The molecule has 1 atom stereocenters. The van der Waals surface area contributed by atoms with Gasteiger partial charge in [-0.25, -0.2) is 8.42 Å². The van der Waals surface area contributed by atoms with Gasteiger partial charge < -0.3 is 4.74 Å². The molecule has 146 valence electrons. The maximum absolute atomic E-state index is 13.1. The van der Waals surface area contributed by atoms with Crippen LogP contribution in [0.25, 0.3) is 0 Å². The zero-order chi connectivity index (χ0) is 19.8. The molecule has 1 aliphatic rings. The Hall–Kier alpha value is -2.39.